The number of hydrogen-bond acceptors (Lipinski definition) is 6. The van der Waals surface area contributed by atoms with Gasteiger partial charge in [-0.2, -0.15) is 0 Å². The first-order valence-corrected chi connectivity index (χ1v) is 6.20. The lowest BCUT2D eigenvalue weighted by Gasteiger charge is -2.35. The number of benzene rings is 1. The van der Waals surface area contributed by atoms with Gasteiger partial charge in [0, 0.05) is 30.9 Å². The number of β-amino-alcohol motifs (C(OH)–C–C–N with tert-alkyl or cyclic N) is 1. The Bertz CT molecular complexity index is 480. The fourth-order valence-electron chi connectivity index (χ4n) is 2.25. The van der Waals surface area contributed by atoms with Crippen molar-refractivity contribution in [3.8, 4) is 0 Å². The molecule has 2 rings (SSSR count). The fraction of sp³-hybridized carbons (Fsp3) is 0.500. The van der Waals surface area contributed by atoms with E-state index in [1.54, 1.807) is 6.07 Å². The van der Waals surface area contributed by atoms with Crippen LogP contribution in [0.5, 0.6) is 0 Å². The number of hydrogen-bond donors (Lipinski definition) is 3. The number of anilines is 2. The van der Waals surface area contributed by atoms with Gasteiger partial charge < -0.3 is 15.4 Å². The number of aliphatic hydroxyl groups is 1. The molecule has 4 N–H and O–H groups in total. The number of non-ortho nitro benzene ring substituents is 1. The number of aliphatic hydroxyl groups excluding tert-OH is 1. The van der Waals surface area contributed by atoms with E-state index in [2.05, 4.69) is 5.43 Å². The highest BCUT2D eigenvalue weighted by molar-refractivity contribution is 5.64. The van der Waals surface area contributed by atoms with Crippen LogP contribution in [-0.4, -0.2) is 29.2 Å². The quantitative estimate of drug-likeness (QED) is 0.429. The van der Waals surface area contributed by atoms with Crippen molar-refractivity contribution in [1.82, 2.24) is 0 Å². The summed E-state index contributed by atoms with van der Waals surface area (Å²) in [5, 5.41) is 20.8. The van der Waals surface area contributed by atoms with E-state index >= 15 is 0 Å². The SMILES string of the molecule is CC1CCN(c2cc(NN)cc([N+](=O)[O-])c2)CC1O. The van der Waals surface area contributed by atoms with Crippen molar-refractivity contribution in [3.63, 3.8) is 0 Å². The van der Waals surface area contributed by atoms with Gasteiger partial charge in [-0.15, -0.1) is 0 Å². The van der Waals surface area contributed by atoms with Crippen LogP contribution in [0.25, 0.3) is 0 Å². The van der Waals surface area contributed by atoms with Crippen LogP contribution in [-0.2, 0) is 0 Å². The first-order valence-electron chi connectivity index (χ1n) is 6.20. The van der Waals surface area contributed by atoms with Gasteiger partial charge in [0.15, 0.2) is 0 Å². The van der Waals surface area contributed by atoms with Crippen LogP contribution in [0.4, 0.5) is 17.1 Å². The summed E-state index contributed by atoms with van der Waals surface area (Å²) in [6.07, 6.45) is 0.442. The van der Waals surface area contributed by atoms with Gasteiger partial charge >= 0.3 is 0 Å². The van der Waals surface area contributed by atoms with Gasteiger partial charge in [0.25, 0.3) is 5.69 Å². The average Bonchev–Trinajstić information content (AvgIpc) is 2.41. The Labute approximate surface area is 111 Å². The first-order chi connectivity index (χ1) is 9.01. The zero-order valence-corrected chi connectivity index (χ0v) is 10.7. The predicted octanol–water partition coefficient (Wildman–Crippen LogP) is 1.09. The van der Waals surface area contributed by atoms with Crippen molar-refractivity contribution in [2.45, 2.75) is 19.4 Å². The summed E-state index contributed by atoms with van der Waals surface area (Å²) in [7, 11) is 0. The third-order valence-corrected chi connectivity index (χ3v) is 3.56. The second-order valence-corrected chi connectivity index (χ2v) is 4.92. The maximum absolute atomic E-state index is 10.9. The minimum absolute atomic E-state index is 0.0152. The molecule has 1 fully saturated rings. The molecule has 7 heteroatoms. The van der Waals surface area contributed by atoms with Gasteiger partial charge in [-0.3, -0.25) is 16.0 Å². The van der Waals surface area contributed by atoms with Gasteiger partial charge in [-0.25, -0.2) is 0 Å². The Morgan fingerprint density at radius 3 is 2.84 bits per heavy atom. The van der Waals surface area contributed by atoms with Crippen molar-refractivity contribution >= 4 is 17.1 Å². The summed E-state index contributed by atoms with van der Waals surface area (Å²) in [5.41, 5.74) is 3.60. The smallest absolute Gasteiger partial charge is 0.273 e. The highest BCUT2D eigenvalue weighted by Gasteiger charge is 2.25. The lowest BCUT2D eigenvalue weighted by Crippen LogP contribution is -2.42. The molecular formula is C12H18N4O3. The maximum Gasteiger partial charge on any atom is 0.273 e. The number of nitrogens with zero attached hydrogens (tertiary/aromatic N) is 2. The molecule has 1 aromatic rings. The zero-order valence-electron chi connectivity index (χ0n) is 10.7. The summed E-state index contributed by atoms with van der Waals surface area (Å²) >= 11 is 0. The Morgan fingerprint density at radius 1 is 1.53 bits per heavy atom. The zero-order chi connectivity index (χ0) is 14.0. The van der Waals surface area contributed by atoms with Crippen molar-refractivity contribution in [2.24, 2.45) is 11.8 Å². The van der Waals surface area contributed by atoms with E-state index < -0.39 is 11.0 Å². The molecule has 0 saturated carbocycles. The van der Waals surface area contributed by atoms with Gasteiger partial charge in [0.2, 0.25) is 0 Å². The summed E-state index contributed by atoms with van der Waals surface area (Å²) in [5.74, 6) is 5.58. The van der Waals surface area contributed by atoms with Crippen molar-refractivity contribution in [3.05, 3.63) is 28.3 Å². The Balaban J connectivity index is 2.28. The number of rotatable bonds is 3. The van der Waals surface area contributed by atoms with E-state index in [-0.39, 0.29) is 11.6 Å². The molecule has 2 atom stereocenters. The molecule has 0 aliphatic carbocycles. The predicted molar refractivity (Wildman–Crippen MR) is 72.9 cm³/mol. The molecular weight excluding hydrogens is 248 g/mol. The first kappa shape index (κ1) is 13.6. The molecule has 2 unspecified atom stereocenters. The molecule has 0 spiro atoms. The molecule has 1 heterocycles. The van der Waals surface area contributed by atoms with Crippen LogP contribution in [0.15, 0.2) is 18.2 Å². The van der Waals surface area contributed by atoms with Crippen molar-refractivity contribution < 1.29 is 10.0 Å². The molecule has 0 radical (unpaired) electrons. The van der Waals surface area contributed by atoms with Crippen LogP contribution < -0.4 is 16.2 Å². The van der Waals surface area contributed by atoms with Crippen LogP contribution in [0.3, 0.4) is 0 Å². The molecule has 1 saturated heterocycles. The van der Waals surface area contributed by atoms with Crippen LogP contribution >= 0.6 is 0 Å². The largest absolute Gasteiger partial charge is 0.391 e. The number of hydrazine groups is 1. The van der Waals surface area contributed by atoms with Crippen LogP contribution in [0.1, 0.15) is 13.3 Å². The highest BCUT2D eigenvalue weighted by atomic mass is 16.6. The molecule has 1 aromatic carbocycles. The van der Waals surface area contributed by atoms with E-state index in [1.807, 2.05) is 11.8 Å². The second-order valence-electron chi connectivity index (χ2n) is 4.92. The lowest BCUT2D eigenvalue weighted by molar-refractivity contribution is -0.384. The molecule has 7 nitrogen and oxygen atoms in total. The summed E-state index contributed by atoms with van der Waals surface area (Å²) in [4.78, 5) is 12.4. The van der Waals surface area contributed by atoms with Crippen molar-refractivity contribution in [1.29, 1.82) is 0 Å². The topological polar surface area (TPSA) is 105 Å². The highest BCUT2D eigenvalue weighted by Crippen LogP contribution is 2.29. The van der Waals surface area contributed by atoms with E-state index in [1.165, 1.54) is 12.1 Å². The fourth-order valence-corrected chi connectivity index (χ4v) is 2.25. The van der Waals surface area contributed by atoms with Gasteiger partial charge in [0.05, 0.1) is 16.7 Å². The molecule has 19 heavy (non-hydrogen) atoms. The van der Waals surface area contributed by atoms with E-state index in [0.29, 0.717) is 17.9 Å². The maximum atomic E-state index is 10.9. The number of nitro groups is 1. The number of nitrogens with one attached hydrogen (secondary N) is 1. The summed E-state index contributed by atoms with van der Waals surface area (Å²) < 4.78 is 0. The van der Waals surface area contributed by atoms with Crippen LogP contribution in [0, 0.1) is 16.0 Å². The number of nitrogen functional groups attached to an aromatic ring is 1. The third-order valence-electron chi connectivity index (χ3n) is 3.56. The molecule has 0 bridgehead atoms. The minimum Gasteiger partial charge on any atom is -0.391 e. The molecule has 0 amide bonds. The van der Waals surface area contributed by atoms with Gasteiger partial charge in [-0.05, 0) is 18.4 Å². The molecule has 0 aromatic heterocycles. The Morgan fingerprint density at radius 2 is 2.26 bits per heavy atom. The number of nitro benzene ring substituents is 1. The van der Waals surface area contributed by atoms with E-state index in [0.717, 1.165) is 13.0 Å². The third kappa shape index (κ3) is 2.94. The summed E-state index contributed by atoms with van der Waals surface area (Å²) in [6.45, 7) is 3.25. The Hall–Kier alpha value is -1.86. The van der Waals surface area contributed by atoms with Crippen LogP contribution in [0.2, 0.25) is 0 Å². The summed E-state index contributed by atoms with van der Waals surface area (Å²) in [6, 6.07) is 4.63. The molecule has 1 aliphatic rings. The standard InChI is InChI=1S/C12H18N4O3/c1-8-2-3-15(7-12(8)17)10-4-9(14-13)5-11(6-10)16(18)19/h4-6,8,12,14,17H,2-3,7,13H2,1H3. The van der Waals surface area contributed by atoms with E-state index in [9.17, 15) is 15.2 Å². The molecule has 1 aliphatic heterocycles. The monoisotopic (exact) mass is 266 g/mol. The van der Waals surface area contributed by atoms with Gasteiger partial charge in [-0.1, -0.05) is 6.92 Å². The Kier molecular flexibility index (Phi) is 3.87. The minimum atomic E-state index is -0.451. The number of piperidine rings is 1. The van der Waals surface area contributed by atoms with E-state index in [4.69, 9.17) is 5.84 Å². The van der Waals surface area contributed by atoms with Gasteiger partial charge in [0.1, 0.15) is 0 Å². The normalized spacial score (nSPS) is 23.2. The average molecular weight is 266 g/mol. The lowest BCUT2D eigenvalue weighted by atomic mass is 9.95. The second kappa shape index (κ2) is 5.41. The molecule has 104 valence electrons. The number of nitrogens with two attached hydrogens (primary N) is 1. The van der Waals surface area contributed by atoms with Crippen molar-refractivity contribution in [2.75, 3.05) is 23.4 Å².